The second kappa shape index (κ2) is 23.1. The Kier molecular flexibility index (Phi) is 17.0. The molecule has 0 bridgehead atoms. The Morgan fingerprint density at radius 2 is 1.10 bits per heavy atom. The molecule has 5 aromatic rings. The maximum Gasteiger partial charge on any atom is 0.410 e. The summed E-state index contributed by atoms with van der Waals surface area (Å²) in [4.78, 5) is 44.0. The van der Waals surface area contributed by atoms with Crippen LogP contribution in [0.3, 0.4) is 0 Å². The van der Waals surface area contributed by atoms with Crippen molar-refractivity contribution < 1.29 is 51.0 Å². The SMILES string of the molecule is CC(C)(C)OC(=O)N1CC[C@H]1COc1cncc([C@H]2C[C@@H]2COc2cccnc2)c1.Cc1ccc(S(=O)(=O)OC[C@@H]2CCN2C(=O)OC(C)(C)C)cc1.Oc1cncc([C@H]2C[C@@H]2COc2cccnc2)c1. The van der Waals surface area contributed by atoms with Gasteiger partial charge in [0.15, 0.2) is 0 Å². The fraction of sp³-hybridized carbons (Fsp3) is 0.472. The van der Waals surface area contributed by atoms with Crippen molar-refractivity contribution >= 4 is 22.3 Å². The summed E-state index contributed by atoms with van der Waals surface area (Å²) in [6, 6.07) is 17.6. The zero-order valence-corrected chi connectivity index (χ0v) is 42.4. The predicted molar refractivity (Wildman–Crippen MR) is 264 cm³/mol. The quantitative estimate of drug-likeness (QED) is 0.0972. The zero-order chi connectivity index (χ0) is 50.8. The zero-order valence-electron chi connectivity index (χ0n) is 41.5. The summed E-state index contributed by atoms with van der Waals surface area (Å²) >= 11 is 0. The molecule has 4 fully saturated rings. The molecule has 71 heavy (non-hydrogen) atoms. The second-order valence-corrected chi connectivity index (χ2v) is 21.8. The molecule has 1 N–H and O–H groups in total. The number of aromatic hydroxyl groups is 1. The van der Waals surface area contributed by atoms with Crippen LogP contribution in [0, 0.1) is 18.8 Å². The first-order chi connectivity index (χ1) is 33.8. The summed E-state index contributed by atoms with van der Waals surface area (Å²) < 4.78 is 57.5. The number of hydrogen-bond acceptors (Lipinski definition) is 15. The number of ether oxygens (including phenoxy) is 5. The minimum Gasteiger partial charge on any atom is -0.506 e. The molecule has 17 nitrogen and oxygen atoms in total. The van der Waals surface area contributed by atoms with Gasteiger partial charge in [-0.15, -0.1) is 0 Å². The van der Waals surface area contributed by atoms with Crippen LogP contribution >= 0.6 is 0 Å². The van der Waals surface area contributed by atoms with Gasteiger partial charge in [0.1, 0.15) is 40.8 Å². The van der Waals surface area contributed by atoms with E-state index in [4.69, 9.17) is 27.9 Å². The smallest absolute Gasteiger partial charge is 0.410 e. The van der Waals surface area contributed by atoms with Crippen LogP contribution in [-0.4, -0.2) is 118 Å². The molecule has 18 heteroatoms. The third-order valence-electron chi connectivity index (χ3n) is 12.1. The highest BCUT2D eigenvalue weighted by Gasteiger charge is 2.41. The molecule has 6 atom stereocenters. The Bertz CT molecular complexity index is 2630. The van der Waals surface area contributed by atoms with Gasteiger partial charge in [0, 0.05) is 49.7 Å². The summed E-state index contributed by atoms with van der Waals surface area (Å²) in [5.74, 6) is 4.46. The summed E-state index contributed by atoms with van der Waals surface area (Å²) in [5, 5.41) is 9.38. The van der Waals surface area contributed by atoms with Crippen LogP contribution in [0.1, 0.15) is 95.8 Å². The minimum absolute atomic E-state index is 0.0464. The number of aromatic nitrogens is 4. The van der Waals surface area contributed by atoms with Crippen molar-refractivity contribution in [1.82, 2.24) is 29.7 Å². The topological polar surface area (TPSA) is 202 Å². The number of aryl methyl sites for hydroxylation is 1. The molecular formula is C53H66N6O11S. The van der Waals surface area contributed by atoms with Gasteiger partial charge < -0.3 is 38.6 Å². The molecule has 2 aliphatic heterocycles. The molecule has 2 saturated heterocycles. The normalized spacial score (nSPS) is 21.1. The molecular weight excluding hydrogens is 929 g/mol. The van der Waals surface area contributed by atoms with E-state index in [0.717, 1.165) is 47.6 Å². The van der Waals surface area contributed by atoms with Gasteiger partial charge in [-0.1, -0.05) is 17.7 Å². The largest absolute Gasteiger partial charge is 0.506 e. The number of nitrogens with zero attached hydrogens (tertiary/aromatic N) is 6. The van der Waals surface area contributed by atoms with Crippen molar-refractivity contribution in [2.45, 2.75) is 114 Å². The van der Waals surface area contributed by atoms with Crippen LogP contribution in [0.5, 0.6) is 23.0 Å². The van der Waals surface area contributed by atoms with Crippen molar-refractivity contribution in [3.63, 3.8) is 0 Å². The molecule has 2 aliphatic carbocycles. The van der Waals surface area contributed by atoms with Crippen molar-refractivity contribution in [3.8, 4) is 23.0 Å². The molecule has 380 valence electrons. The predicted octanol–water partition coefficient (Wildman–Crippen LogP) is 9.12. The van der Waals surface area contributed by atoms with Crippen LogP contribution < -0.4 is 14.2 Å². The monoisotopic (exact) mass is 994 g/mol. The van der Waals surface area contributed by atoms with Gasteiger partial charge in [0.05, 0.1) is 61.6 Å². The van der Waals surface area contributed by atoms with Gasteiger partial charge in [-0.25, -0.2) is 9.59 Å². The lowest BCUT2D eigenvalue weighted by Gasteiger charge is -2.40. The molecule has 2 amide bonds. The number of rotatable bonds is 15. The van der Waals surface area contributed by atoms with Crippen LogP contribution in [0.25, 0.3) is 0 Å². The average molecular weight is 995 g/mol. The summed E-state index contributed by atoms with van der Waals surface area (Å²) in [6.07, 6.45) is 16.9. The number of hydrogen-bond donors (Lipinski definition) is 1. The van der Waals surface area contributed by atoms with Gasteiger partial charge in [-0.3, -0.25) is 24.1 Å². The summed E-state index contributed by atoms with van der Waals surface area (Å²) in [6.45, 7) is 15.9. The highest BCUT2D eigenvalue weighted by Crippen LogP contribution is 2.49. The maximum atomic E-state index is 12.2. The van der Waals surface area contributed by atoms with E-state index in [-0.39, 0.29) is 35.4 Å². The molecule has 4 aromatic heterocycles. The second-order valence-electron chi connectivity index (χ2n) is 20.2. The highest BCUT2D eigenvalue weighted by molar-refractivity contribution is 7.86. The van der Waals surface area contributed by atoms with Crippen molar-refractivity contribution in [3.05, 3.63) is 127 Å². The lowest BCUT2D eigenvalue weighted by molar-refractivity contribution is -0.0147. The van der Waals surface area contributed by atoms with Gasteiger partial charge in [-0.05, 0) is 146 Å². The molecule has 4 aliphatic rings. The van der Waals surface area contributed by atoms with Gasteiger partial charge in [-0.2, -0.15) is 8.42 Å². The lowest BCUT2D eigenvalue weighted by Crippen LogP contribution is -2.55. The Morgan fingerprint density at radius 3 is 1.56 bits per heavy atom. The summed E-state index contributed by atoms with van der Waals surface area (Å²) in [5.41, 5.74) is 2.17. The van der Waals surface area contributed by atoms with E-state index in [1.165, 1.54) is 28.8 Å². The van der Waals surface area contributed by atoms with E-state index in [2.05, 4.69) is 26.0 Å². The fourth-order valence-corrected chi connectivity index (χ4v) is 8.74. The van der Waals surface area contributed by atoms with Crippen molar-refractivity contribution in [1.29, 1.82) is 0 Å². The number of carbonyl (C=O) groups is 2. The third-order valence-corrected chi connectivity index (χ3v) is 13.4. The number of carbonyl (C=O) groups excluding carboxylic acids is 2. The van der Waals surface area contributed by atoms with E-state index in [1.54, 1.807) is 74.9 Å². The number of benzene rings is 1. The Balaban J connectivity index is 0.000000162. The molecule has 1 aromatic carbocycles. The molecule has 0 radical (unpaired) electrons. The molecule has 0 spiro atoms. The Morgan fingerprint density at radius 1 is 0.620 bits per heavy atom. The van der Waals surface area contributed by atoms with Crippen LogP contribution in [0.15, 0.2) is 115 Å². The van der Waals surface area contributed by atoms with E-state index in [1.807, 2.05) is 64.4 Å². The lowest BCUT2D eigenvalue weighted by atomic mass is 10.1. The van der Waals surface area contributed by atoms with Crippen molar-refractivity contribution in [2.24, 2.45) is 11.8 Å². The first-order valence-electron chi connectivity index (χ1n) is 24.0. The molecule has 0 unspecified atom stereocenters. The standard InChI is InChI=1S/C23H29N3O4.C16H23NO5S.C14H14N2O2/c1-23(2,3)30-22(27)26-8-6-18(26)15-29-20-9-16(11-25-13-20)21-10-17(21)14-28-19-5-4-7-24-12-19;1-12-5-7-14(8-6-12)23(19,20)21-11-13-9-10-17(13)15(18)22-16(2,3)4;17-12-4-10(6-16-7-12)14-5-11(14)9-18-13-2-1-3-15-8-13/h4-5,7,9,11-13,17-18,21H,6,8,10,14-15H2,1-3H3;5-8,13H,9-11H2,1-4H3;1-4,6-8,11,14,17H,5,9H2/t17-,18+,21-;13-;11-,14-/m101/s1. The van der Waals surface area contributed by atoms with Crippen LogP contribution in [-0.2, 0) is 23.8 Å². The van der Waals surface area contributed by atoms with E-state index >= 15 is 0 Å². The van der Waals surface area contributed by atoms with E-state index < -0.39 is 27.4 Å². The molecule has 9 rings (SSSR count). The minimum atomic E-state index is -3.81. The Labute approximate surface area is 417 Å². The molecule has 2 saturated carbocycles. The van der Waals surface area contributed by atoms with Crippen LogP contribution in [0.2, 0.25) is 0 Å². The third kappa shape index (κ3) is 16.0. The average Bonchev–Trinajstić information content (AvgIpc) is 4.24. The fourth-order valence-electron chi connectivity index (χ4n) is 7.80. The van der Waals surface area contributed by atoms with Crippen LogP contribution in [0.4, 0.5) is 9.59 Å². The van der Waals surface area contributed by atoms with E-state index in [0.29, 0.717) is 63.0 Å². The Hall–Kier alpha value is -6.53. The summed E-state index contributed by atoms with van der Waals surface area (Å²) in [7, 11) is -3.81. The number of likely N-dealkylation sites (tertiary alicyclic amines) is 2. The van der Waals surface area contributed by atoms with Gasteiger partial charge in [0.2, 0.25) is 0 Å². The first kappa shape index (κ1) is 52.3. The van der Waals surface area contributed by atoms with Gasteiger partial charge >= 0.3 is 12.2 Å². The van der Waals surface area contributed by atoms with Gasteiger partial charge in [0.25, 0.3) is 10.1 Å². The first-order valence-corrected chi connectivity index (χ1v) is 25.4. The molecule has 6 heterocycles. The number of amides is 2. The van der Waals surface area contributed by atoms with E-state index in [9.17, 15) is 23.1 Å². The highest BCUT2D eigenvalue weighted by atomic mass is 32.2. The number of pyridine rings is 4. The van der Waals surface area contributed by atoms with Crippen molar-refractivity contribution in [2.75, 3.05) is 39.5 Å². The maximum absolute atomic E-state index is 12.2.